The van der Waals surface area contributed by atoms with Crippen LogP contribution in [0.25, 0.3) is 5.69 Å². The molecule has 122 valence electrons. The minimum Gasteiger partial charge on any atom is -0.480 e. The number of nitrogens with zero attached hydrogens (tertiary/aromatic N) is 3. The van der Waals surface area contributed by atoms with Gasteiger partial charge in [-0.2, -0.15) is 0 Å². The number of hydrogen-bond donors (Lipinski definition) is 3. The van der Waals surface area contributed by atoms with Gasteiger partial charge in [-0.05, 0) is 32.0 Å². The Bertz CT molecular complexity index is 739. The number of nitrogens with two attached hydrogens (primary N) is 1. The van der Waals surface area contributed by atoms with Crippen LogP contribution < -0.4 is 11.1 Å². The lowest BCUT2D eigenvalue weighted by atomic mass is 10.1. The number of hydrogen-bond acceptors (Lipinski definition) is 5. The van der Waals surface area contributed by atoms with Crippen LogP contribution in [0, 0.1) is 19.7 Å². The lowest BCUT2D eigenvalue weighted by molar-refractivity contribution is -0.138. The molecule has 0 aliphatic carbocycles. The molecule has 1 heterocycles. The highest BCUT2D eigenvalue weighted by atomic mass is 19.1. The first kappa shape index (κ1) is 16.6. The van der Waals surface area contributed by atoms with Gasteiger partial charge in [0, 0.05) is 12.1 Å². The van der Waals surface area contributed by atoms with Crippen molar-refractivity contribution in [2.45, 2.75) is 19.9 Å². The molecular formula is C14H16FN5O3. The van der Waals surface area contributed by atoms with E-state index in [9.17, 15) is 14.0 Å². The Balaban J connectivity index is 2.27. The molecule has 0 saturated carbocycles. The summed E-state index contributed by atoms with van der Waals surface area (Å²) in [4.78, 5) is 22.7. The van der Waals surface area contributed by atoms with E-state index in [2.05, 4.69) is 15.5 Å². The van der Waals surface area contributed by atoms with Crippen LogP contribution in [-0.4, -0.2) is 44.3 Å². The second-order valence-corrected chi connectivity index (χ2v) is 4.98. The predicted octanol–water partition coefficient (Wildman–Crippen LogP) is 0.165. The molecule has 0 aliphatic rings. The van der Waals surface area contributed by atoms with Crippen LogP contribution in [0.3, 0.4) is 0 Å². The molecule has 1 aromatic heterocycles. The fourth-order valence-electron chi connectivity index (χ4n) is 2.07. The average molecular weight is 321 g/mol. The Morgan fingerprint density at radius 3 is 2.48 bits per heavy atom. The number of aryl methyl sites for hydroxylation is 2. The quantitative estimate of drug-likeness (QED) is 0.721. The van der Waals surface area contributed by atoms with Gasteiger partial charge in [-0.3, -0.25) is 14.2 Å². The molecule has 4 N–H and O–H groups in total. The maximum atomic E-state index is 13.8. The van der Waals surface area contributed by atoms with Gasteiger partial charge < -0.3 is 16.2 Å². The summed E-state index contributed by atoms with van der Waals surface area (Å²) in [6.45, 7) is 3.15. The third-order valence-corrected chi connectivity index (χ3v) is 3.19. The Labute approximate surface area is 131 Å². The molecular weight excluding hydrogens is 305 g/mol. The van der Waals surface area contributed by atoms with Gasteiger partial charge in [0.2, 0.25) is 0 Å². The average Bonchev–Trinajstić information content (AvgIpc) is 2.82. The Morgan fingerprint density at radius 1 is 1.30 bits per heavy atom. The van der Waals surface area contributed by atoms with Crippen LogP contribution in [0.2, 0.25) is 0 Å². The Morgan fingerprint density at radius 2 is 1.91 bits per heavy atom. The molecule has 0 spiro atoms. The van der Waals surface area contributed by atoms with E-state index in [4.69, 9.17) is 10.8 Å². The molecule has 0 bridgehead atoms. The topological polar surface area (TPSA) is 123 Å². The largest absolute Gasteiger partial charge is 0.480 e. The van der Waals surface area contributed by atoms with Crippen molar-refractivity contribution in [3.05, 3.63) is 41.2 Å². The fourth-order valence-corrected chi connectivity index (χ4v) is 2.07. The van der Waals surface area contributed by atoms with Crippen molar-refractivity contribution in [1.29, 1.82) is 0 Å². The Kier molecular flexibility index (Phi) is 4.70. The van der Waals surface area contributed by atoms with E-state index in [-0.39, 0.29) is 12.1 Å². The number of nitrogens with one attached hydrogen (secondary N) is 1. The van der Waals surface area contributed by atoms with Crippen molar-refractivity contribution < 1.29 is 19.1 Å². The summed E-state index contributed by atoms with van der Waals surface area (Å²) in [5.74, 6) is -1.37. The van der Waals surface area contributed by atoms with Gasteiger partial charge in [0.25, 0.3) is 5.91 Å². The van der Waals surface area contributed by atoms with E-state index < -0.39 is 23.7 Å². The summed E-state index contributed by atoms with van der Waals surface area (Å²) in [5, 5.41) is 18.8. The van der Waals surface area contributed by atoms with Crippen molar-refractivity contribution >= 4 is 11.9 Å². The number of benzene rings is 1. The van der Waals surface area contributed by atoms with Gasteiger partial charge in [-0.25, -0.2) is 4.39 Å². The van der Waals surface area contributed by atoms with E-state index in [1.165, 1.54) is 12.1 Å². The number of halogens is 1. The number of carbonyl (C=O) groups is 2. The monoisotopic (exact) mass is 321 g/mol. The molecule has 1 amide bonds. The summed E-state index contributed by atoms with van der Waals surface area (Å²) in [6.07, 6.45) is 0. The van der Waals surface area contributed by atoms with Crippen molar-refractivity contribution in [3.8, 4) is 5.69 Å². The van der Waals surface area contributed by atoms with Crippen LogP contribution in [0.15, 0.2) is 18.2 Å². The van der Waals surface area contributed by atoms with Crippen molar-refractivity contribution in [2.75, 3.05) is 6.54 Å². The number of carboxylic acids is 1. The molecule has 8 nitrogen and oxygen atoms in total. The van der Waals surface area contributed by atoms with E-state index in [0.29, 0.717) is 17.3 Å². The van der Waals surface area contributed by atoms with Gasteiger partial charge in [-0.1, -0.05) is 0 Å². The molecule has 0 fully saturated rings. The molecule has 2 rings (SSSR count). The lowest BCUT2D eigenvalue weighted by Crippen LogP contribution is -2.42. The van der Waals surface area contributed by atoms with Crippen LogP contribution in [-0.2, 0) is 4.79 Å². The molecule has 0 radical (unpaired) electrons. The zero-order valence-corrected chi connectivity index (χ0v) is 12.6. The fraction of sp³-hybridized carbons (Fsp3) is 0.286. The van der Waals surface area contributed by atoms with Gasteiger partial charge in [0.15, 0.2) is 0 Å². The summed E-state index contributed by atoms with van der Waals surface area (Å²) in [7, 11) is 0. The SMILES string of the molecule is Cc1nnc(C)n1-c1cc(F)cc(C(=O)NC[C@@H](N)C(=O)O)c1. The number of aliphatic carboxylic acids is 1. The van der Waals surface area contributed by atoms with Gasteiger partial charge in [0.1, 0.15) is 23.5 Å². The minimum atomic E-state index is -1.24. The first-order valence-corrected chi connectivity index (χ1v) is 6.75. The maximum absolute atomic E-state index is 13.8. The molecule has 1 atom stereocenters. The number of carboxylic acid groups (broad SMARTS) is 1. The summed E-state index contributed by atoms with van der Waals surface area (Å²) in [5.41, 5.74) is 5.76. The standard InChI is InChI=1S/C14H16FN5O3/c1-7-18-19-8(2)20(7)11-4-9(3-10(15)5-11)13(21)17-6-12(16)14(22)23/h3-5,12H,6,16H2,1-2H3,(H,17,21)(H,22,23)/t12-/m1/s1. The normalized spacial score (nSPS) is 12.0. The van der Waals surface area contributed by atoms with Crippen molar-refractivity contribution in [1.82, 2.24) is 20.1 Å². The highest BCUT2D eigenvalue weighted by Gasteiger charge is 2.16. The third kappa shape index (κ3) is 3.69. The zero-order valence-electron chi connectivity index (χ0n) is 12.6. The van der Waals surface area contributed by atoms with E-state index in [1.807, 2.05) is 0 Å². The van der Waals surface area contributed by atoms with Crippen molar-refractivity contribution in [2.24, 2.45) is 5.73 Å². The minimum absolute atomic E-state index is 0.0464. The number of amides is 1. The summed E-state index contributed by atoms with van der Waals surface area (Å²) >= 11 is 0. The number of aromatic nitrogens is 3. The highest BCUT2D eigenvalue weighted by Crippen LogP contribution is 2.16. The van der Waals surface area contributed by atoms with Gasteiger partial charge in [-0.15, -0.1) is 10.2 Å². The zero-order chi connectivity index (χ0) is 17.1. The number of carbonyl (C=O) groups excluding carboxylic acids is 1. The van der Waals surface area contributed by atoms with Crippen molar-refractivity contribution in [3.63, 3.8) is 0 Å². The molecule has 0 saturated heterocycles. The molecule has 2 aromatic rings. The first-order chi connectivity index (χ1) is 10.8. The summed E-state index contributed by atoms with van der Waals surface area (Å²) < 4.78 is 15.4. The predicted molar refractivity (Wildman–Crippen MR) is 78.7 cm³/mol. The molecule has 1 aromatic carbocycles. The number of rotatable bonds is 5. The Hall–Kier alpha value is -2.81. The van der Waals surface area contributed by atoms with Crippen LogP contribution in [0.1, 0.15) is 22.0 Å². The smallest absolute Gasteiger partial charge is 0.322 e. The van der Waals surface area contributed by atoms with Gasteiger partial charge >= 0.3 is 5.97 Å². The van der Waals surface area contributed by atoms with Crippen LogP contribution in [0.5, 0.6) is 0 Å². The second kappa shape index (κ2) is 6.53. The molecule has 0 unspecified atom stereocenters. The van der Waals surface area contributed by atoms with Gasteiger partial charge in [0.05, 0.1) is 5.69 Å². The highest BCUT2D eigenvalue weighted by molar-refractivity contribution is 5.95. The summed E-state index contributed by atoms with van der Waals surface area (Å²) in [6, 6.07) is 2.55. The molecule has 23 heavy (non-hydrogen) atoms. The van der Waals surface area contributed by atoms with Crippen LogP contribution >= 0.6 is 0 Å². The van der Waals surface area contributed by atoms with E-state index in [1.54, 1.807) is 18.4 Å². The van der Waals surface area contributed by atoms with E-state index in [0.717, 1.165) is 6.07 Å². The molecule has 0 aliphatic heterocycles. The second-order valence-electron chi connectivity index (χ2n) is 4.98. The lowest BCUT2D eigenvalue weighted by Gasteiger charge is -2.11. The third-order valence-electron chi connectivity index (χ3n) is 3.19. The first-order valence-electron chi connectivity index (χ1n) is 6.75. The van der Waals surface area contributed by atoms with E-state index >= 15 is 0 Å². The molecule has 9 heteroatoms. The maximum Gasteiger partial charge on any atom is 0.322 e. The van der Waals surface area contributed by atoms with Crippen LogP contribution in [0.4, 0.5) is 4.39 Å².